The summed E-state index contributed by atoms with van der Waals surface area (Å²) in [5.74, 6) is 1.84. The predicted molar refractivity (Wildman–Crippen MR) is 64.4 cm³/mol. The van der Waals surface area contributed by atoms with Crippen LogP contribution >= 0.6 is 0 Å². The second-order valence-electron chi connectivity index (χ2n) is 5.27. The van der Waals surface area contributed by atoms with Gasteiger partial charge in [-0.3, -0.25) is 0 Å². The standard InChI is InChI=1S/C15H20/c1-2-3-4-11-5-8-14-12-6-7-13(10-12)15(14)9-11/h5,8-9,12-13H,2-4,6-7,10H2,1H3. The molecule has 2 unspecified atom stereocenters. The summed E-state index contributed by atoms with van der Waals surface area (Å²) in [6.07, 6.45) is 8.28. The van der Waals surface area contributed by atoms with Gasteiger partial charge in [0.25, 0.3) is 0 Å². The van der Waals surface area contributed by atoms with E-state index in [9.17, 15) is 0 Å². The fourth-order valence-electron chi connectivity index (χ4n) is 3.43. The van der Waals surface area contributed by atoms with Gasteiger partial charge in [-0.2, -0.15) is 0 Å². The summed E-state index contributed by atoms with van der Waals surface area (Å²) in [6.45, 7) is 2.27. The highest BCUT2D eigenvalue weighted by molar-refractivity contribution is 5.43. The van der Waals surface area contributed by atoms with Crippen LogP contribution in [-0.2, 0) is 6.42 Å². The maximum absolute atomic E-state index is 2.51. The normalized spacial score (nSPS) is 27.0. The number of hydrogen-bond acceptors (Lipinski definition) is 0. The number of hydrogen-bond donors (Lipinski definition) is 0. The zero-order valence-electron chi connectivity index (χ0n) is 9.63. The van der Waals surface area contributed by atoms with Crippen LogP contribution in [0.5, 0.6) is 0 Å². The van der Waals surface area contributed by atoms with Crippen molar-refractivity contribution in [3.63, 3.8) is 0 Å². The largest absolute Gasteiger partial charge is 0.0654 e. The first-order valence-corrected chi connectivity index (χ1v) is 6.51. The molecule has 1 aromatic rings. The Kier molecular flexibility index (Phi) is 2.31. The first kappa shape index (κ1) is 9.45. The molecule has 1 fully saturated rings. The lowest BCUT2D eigenvalue weighted by atomic mass is 9.89. The monoisotopic (exact) mass is 200 g/mol. The molecule has 2 aliphatic carbocycles. The van der Waals surface area contributed by atoms with Crippen LogP contribution in [0.15, 0.2) is 18.2 Å². The van der Waals surface area contributed by atoms with Crippen LogP contribution in [0.25, 0.3) is 0 Å². The molecule has 80 valence electrons. The molecule has 0 aliphatic heterocycles. The molecule has 2 aliphatic rings. The van der Waals surface area contributed by atoms with Crippen LogP contribution in [0.4, 0.5) is 0 Å². The molecule has 1 aromatic carbocycles. The highest BCUT2D eigenvalue weighted by atomic mass is 14.4. The van der Waals surface area contributed by atoms with Gasteiger partial charge in [-0.05, 0) is 60.6 Å². The quantitative estimate of drug-likeness (QED) is 0.678. The molecule has 1 saturated carbocycles. The summed E-state index contributed by atoms with van der Waals surface area (Å²) in [5.41, 5.74) is 4.97. The van der Waals surface area contributed by atoms with Gasteiger partial charge in [-0.15, -0.1) is 0 Å². The van der Waals surface area contributed by atoms with Crippen molar-refractivity contribution >= 4 is 0 Å². The van der Waals surface area contributed by atoms with E-state index in [1.54, 1.807) is 16.7 Å². The number of benzene rings is 1. The van der Waals surface area contributed by atoms with Crippen molar-refractivity contribution < 1.29 is 0 Å². The van der Waals surface area contributed by atoms with Crippen LogP contribution in [0.1, 0.15) is 67.6 Å². The summed E-state index contributed by atoms with van der Waals surface area (Å²) in [7, 11) is 0. The summed E-state index contributed by atoms with van der Waals surface area (Å²) < 4.78 is 0. The third kappa shape index (κ3) is 1.51. The molecule has 0 amide bonds. The van der Waals surface area contributed by atoms with Gasteiger partial charge in [0.15, 0.2) is 0 Å². The lowest BCUT2D eigenvalue weighted by Crippen LogP contribution is -1.99. The third-order valence-electron chi connectivity index (χ3n) is 4.28. The Morgan fingerprint density at radius 1 is 1.13 bits per heavy atom. The van der Waals surface area contributed by atoms with Crippen LogP contribution in [-0.4, -0.2) is 0 Å². The summed E-state index contributed by atoms with van der Waals surface area (Å²) >= 11 is 0. The molecule has 0 nitrogen and oxygen atoms in total. The second kappa shape index (κ2) is 3.66. The number of unbranched alkanes of at least 4 members (excludes halogenated alkanes) is 1. The van der Waals surface area contributed by atoms with Gasteiger partial charge < -0.3 is 0 Å². The Morgan fingerprint density at radius 3 is 2.73 bits per heavy atom. The first-order valence-electron chi connectivity index (χ1n) is 6.51. The molecule has 0 heterocycles. The Balaban J connectivity index is 1.87. The van der Waals surface area contributed by atoms with Gasteiger partial charge in [0.05, 0.1) is 0 Å². The summed E-state index contributed by atoms with van der Waals surface area (Å²) in [6, 6.07) is 7.30. The fraction of sp³-hybridized carbons (Fsp3) is 0.600. The molecular formula is C15H20. The van der Waals surface area contributed by atoms with E-state index in [4.69, 9.17) is 0 Å². The van der Waals surface area contributed by atoms with Crippen molar-refractivity contribution in [2.75, 3.05) is 0 Å². The number of aryl methyl sites for hydroxylation is 1. The average molecular weight is 200 g/mol. The van der Waals surface area contributed by atoms with Crippen LogP contribution < -0.4 is 0 Å². The van der Waals surface area contributed by atoms with Crippen LogP contribution in [0.3, 0.4) is 0 Å². The molecular weight excluding hydrogens is 180 g/mol. The lowest BCUT2D eigenvalue weighted by molar-refractivity contribution is 0.713. The van der Waals surface area contributed by atoms with E-state index in [0.29, 0.717) is 0 Å². The molecule has 0 aromatic heterocycles. The Labute approximate surface area is 92.7 Å². The molecule has 3 rings (SSSR count). The van der Waals surface area contributed by atoms with Gasteiger partial charge in [0, 0.05) is 0 Å². The SMILES string of the molecule is CCCCc1ccc2c(c1)C1CCC2C1. The molecule has 2 bridgehead atoms. The maximum Gasteiger partial charge on any atom is -0.0153 e. The minimum absolute atomic E-state index is 0.922. The van der Waals surface area contributed by atoms with Crippen molar-refractivity contribution in [1.29, 1.82) is 0 Å². The van der Waals surface area contributed by atoms with Crippen molar-refractivity contribution in [2.24, 2.45) is 0 Å². The van der Waals surface area contributed by atoms with Crippen molar-refractivity contribution in [1.82, 2.24) is 0 Å². The highest BCUT2D eigenvalue weighted by Gasteiger charge is 2.36. The molecule has 2 atom stereocenters. The van der Waals surface area contributed by atoms with Gasteiger partial charge in [-0.25, -0.2) is 0 Å². The van der Waals surface area contributed by atoms with Gasteiger partial charge in [-0.1, -0.05) is 31.5 Å². The van der Waals surface area contributed by atoms with E-state index in [-0.39, 0.29) is 0 Å². The van der Waals surface area contributed by atoms with E-state index in [0.717, 1.165) is 11.8 Å². The van der Waals surface area contributed by atoms with Gasteiger partial charge in [0.1, 0.15) is 0 Å². The van der Waals surface area contributed by atoms with Gasteiger partial charge >= 0.3 is 0 Å². The van der Waals surface area contributed by atoms with Crippen molar-refractivity contribution in [2.45, 2.75) is 57.3 Å². The smallest absolute Gasteiger partial charge is 0.0153 e. The fourth-order valence-corrected chi connectivity index (χ4v) is 3.43. The van der Waals surface area contributed by atoms with E-state index < -0.39 is 0 Å². The Morgan fingerprint density at radius 2 is 1.93 bits per heavy atom. The minimum Gasteiger partial charge on any atom is -0.0654 e. The first-order chi connectivity index (χ1) is 7.38. The predicted octanol–water partition coefficient (Wildman–Crippen LogP) is 4.39. The topological polar surface area (TPSA) is 0 Å². The van der Waals surface area contributed by atoms with Crippen LogP contribution in [0, 0.1) is 0 Å². The van der Waals surface area contributed by atoms with E-state index in [1.807, 2.05) is 0 Å². The number of rotatable bonds is 3. The molecule has 0 heteroatoms. The summed E-state index contributed by atoms with van der Waals surface area (Å²) in [4.78, 5) is 0. The van der Waals surface area contributed by atoms with E-state index in [2.05, 4.69) is 25.1 Å². The molecule has 15 heavy (non-hydrogen) atoms. The zero-order chi connectivity index (χ0) is 10.3. The molecule has 0 spiro atoms. The Bertz CT molecular complexity index is 364. The molecule has 0 radical (unpaired) electrons. The summed E-state index contributed by atoms with van der Waals surface area (Å²) in [5, 5.41) is 0. The second-order valence-corrected chi connectivity index (χ2v) is 5.27. The van der Waals surface area contributed by atoms with E-state index in [1.165, 1.54) is 38.5 Å². The Hall–Kier alpha value is -0.780. The maximum atomic E-state index is 2.51. The highest BCUT2D eigenvalue weighted by Crippen LogP contribution is 2.53. The van der Waals surface area contributed by atoms with Gasteiger partial charge in [0.2, 0.25) is 0 Å². The third-order valence-corrected chi connectivity index (χ3v) is 4.28. The van der Waals surface area contributed by atoms with Crippen molar-refractivity contribution in [3.05, 3.63) is 34.9 Å². The minimum atomic E-state index is 0.922. The average Bonchev–Trinajstić information content (AvgIpc) is 2.87. The lowest BCUT2D eigenvalue weighted by Gasteiger charge is -2.16. The number of fused-ring (bicyclic) bond motifs is 5. The zero-order valence-corrected chi connectivity index (χ0v) is 9.63. The van der Waals surface area contributed by atoms with Crippen molar-refractivity contribution in [3.8, 4) is 0 Å². The van der Waals surface area contributed by atoms with Crippen LogP contribution in [0.2, 0.25) is 0 Å². The van der Waals surface area contributed by atoms with E-state index >= 15 is 0 Å². The molecule has 0 saturated heterocycles. The molecule has 0 N–H and O–H groups in total.